The van der Waals surface area contributed by atoms with Crippen LogP contribution in [0.2, 0.25) is 0 Å². The maximum Gasteiger partial charge on any atom is 0.339 e. The molecule has 144 valence electrons. The number of nitrogens with one attached hydrogen (secondary N) is 2. The van der Waals surface area contributed by atoms with Gasteiger partial charge >= 0.3 is 12.0 Å². The number of rotatable bonds is 4. The lowest BCUT2D eigenvalue weighted by atomic mass is 10.1. The number of hydrogen-bond acceptors (Lipinski definition) is 6. The number of carbonyl (C=O) groups excluding carboxylic acids is 3. The molecular weight excluding hydrogens is 350 g/mol. The number of hydrogen-bond donors (Lipinski definition) is 2. The van der Waals surface area contributed by atoms with Crippen molar-refractivity contribution >= 4 is 28.9 Å². The number of ether oxygens (including phenoxy) is 1. The molecule has 1 fully saturated rings. The number of aryl methyl sites for hydroxylation is 3. The number of fused-ring (bicyclic) bond motifs is 1. The molecule has 0 aliphatic heterocycles. The molecule has 1 aliphatic carbocycles. The molecule has 0 spiro atoms. The highest BCUT2D eigenvalue weighted by Crippen LogP contribution is 2.22. The third-order valence-electron chi connectivity index (χ3n) is 4.59. The van der Waals surface area contributed by atoms with Gasteiger partial charge < -0.3 is 10.1 Å². The first-order valence-electron chi connectivity index (χ1n) is 8.93. The summed E-state index contributed by atoms with van der Waals surface area (Å²) in [6.07, 6.45) is 3.98. The van der Waals surface area contributed by atoms with Gasteiger partial charge in [0.25, 0.3) is 5.91 Å². The van der Waals surface area contributed by atoms with Crippen LogP contribution in [0, 0.1) is 13.8 Å². The summed E-state index contributed by atoms with van der Waals surface area (Å²) in [6.45, 7) is 2.99. The SMILES string of the molecule is Cc1cc(C(=O)OCC(=O)NC(=O)NC2CCCC2)c2c(C)nn(C)c2n1. The topological polar surface area (TPSA) is 115 Å². The summed E-state index contributed by atoms with van der Waals surface area (Å²) < 4.78 is 6.68. The first-order chi connectivity index (χ1) is 12.8. The minimum Gasteiger partial charge on any atom is -0.452 e. The van der Waals surface area contributed by atoms with Gasteiger partial charge in [-0.2, -0.15) is 5.10 Å². The van der Waals surface area contributed by atoms with E-state index in [2.05, 4.69) is 20.7 Å². The molecule has 2 aromatic rings. The van der Waals surface area contributed by atoms with Crippen LogP contribution in [0.25, 0.3) is 11.0 Å². The van der Waals surface area contributed by atoms with Crippen LogP contribution in [0.3, 0.4) is 0 Å². The Bertz CT molecular complexity index is 899. The highest BCUT2D eigenvalue weighted by Gasteiger charge is 2.21. The largest absolute Gasteiger partial charge is 0.452 e. The normalized spacial score (nSPS) is 14.3. The molecule has 2 heterocycles. The Morgan fingerprint density at radius 2 is 1.96 bits per heavy atom. The lowest BCUT2D eigenvalue weighted by Gasteiger charge is -2.12. The fraction of sp³-hybridized carbons (Fsp3) is 0.500. The van der Waals surface area contributed by atoms with Gasteiger partial charge in [-0.05, 0) is 32.8 Å². The molecule has 3 rings (SSSR count). The van der Waals surface area contributed by atoms with E-state index >= 15 is 0 Å². The van der Waals surface area contributed by atoms with Gasteiger partial charge in [0.15, 0.2) is 12.3 Å². The van der Waals surface area contributed by atoms with E-state index in [0.717, 1.165) is 25.7 Å². The number of amides is 3. The average Bonchev–Trinajstić information content (AvgIpc) is 3.20. The summed E-state index contributed by atoms with van der Waals surface area (Å²) in [6, 6.07) is 1.14. The van der Waals surface area contributed by atoms with E-state index in [1.54, 1.807) is 31.6 Å². The lowest BCUT2D eigenvalue weighted by Crippen LogP contribution is -2.45. The standard InChI is InChI=1S/C18H23N5O4/c1-10-8-13(15-11(2)22-23(3)16(15)19-10)17(25)27-9-14(24)21-18(26)20-12-6-4-5-7-12/h8,12H,4-7,9H2,1-3H3,(H2,20,21,24,26). The molecule has 0 unspecified atom stereocenters. The molecule has 0 aromatic carbocycles. The third kappa shape index (κ3) is 4.24. The molecule has 2 aromatic heterocycles. The maximum atomic E-state index is 12.5. The van der Waals surface area contributed by atoms with Crippen LogP contribution in [-0.4, -0.2) is 45.3 Å². The zero-order valence-electron chi connectivity index (χ0n) is 15.7. The maximum absolute atomic E-state index is 12.5. The molecule has 27 heavy (non-hydrogen) atoms. The van der Waals surface area contributed by atoms with Crippen LogP contribution in [0.5, 0.6) is 0 Å². The Morgan fingerprint density at radius 3 is 2.67 bits per heavy atom. The molecule has 3 amide bonds. The molecule has 0 radical (unpaired) electrons. The van der Waals surface area contributed by atoms with Crippen molar-refractivity contribution in [1.29, 1.82) is 0 Å². The Morgan fingerprint density at radius 1 is 1.26 bits per heavy atom. The van der Waals surface area contributed by atoms with Crippen molar-refractivity contribution in [2.45, 2.75) is 45.6 Å². The number of imide groups is 1. The summed E-state index contributed by atoms with van der Waals surface area (Å²) in [5.74, 6) is -1.34. The molecule has 0 bridgehead atoms. The quantitative estimate of drug-likeness (QED) is 0.785. The van der Waals surface area contributed by atoms with Gasteiger partial charge in [0, 0.05) is 18.8 Å². The summed E-state index contributed by atoms with van der Waals surface area (Å²) in [5, 5.41) is 9.79. The Labute approximate surface area is 156 Å². The second-order valence-corrected chi connectivity index (χ2v) is 6.80. The number of nitrogens with zero attached hydrogens (tertiary/aromatic N) is 3. The average molecular weight is 373 g/mol. The zero-order valence-corrected chi connectivity index (χ0v) is 15.7. The fourth-order valence-corrected chi connectivity index (χ4v) is 3.39. The number of esters is 1. The van der Waals surface area contributed by atoms with Crippen molar-refractivity contribution in [3.63, 3.8) is 0 Å². The van der Waals surface area contributed by atoms with Crippen LogP contribution in [-0.2, 0) is 16.6 Å². The monoisotopic (exact) mass is 373 g/mol. The molecule has 1 saturated carbocycles. The predicted octanol–water partition coefficient (Wildman–Crippen LogP) is 1.51. The predicted molar refractivity (Wildman–Crippen MR) is 97.2 cm³/mol. The van der Waals surface area contributed by atoms with Crippen molar-refractivity contribution in [2.75, 3.05) is 6.61 Å². The van der Waals surface area contributed by atoms with Gasteiger partial charge in [-0.1, -0.05) is 12.8 Å². The van der Waals surface area contributed by atoms with Crippen LogP contribution < -0.4 is 10.6 Å². The van der Waals surface area contributed by atoms with E-state index in [4.69, 9.17) is 4.74 Å². The Balaban J connectivity index is 1.61. The summed E-state index contributed by atoms with van der Waals surface area (Å²) in [5.41, 5.74) is 2.15. The number of carbonyl (C=O) groups is 3. The molecule has 9 nitrogen and oxygen atoms in total. The zero-order chi connectivity index (χ0) is 19.6. The number of pyridine rings is 1. The van der Waals surface area contributed by atoms with E-state index in [1.807, 2.05) is 0 Å². The van der Waals surface area contributed by atoms with Gasteiger partial charge in [-0.3, -0.25) is 14.8 Å². The number of aromatic nitrogens is 3. The smallest absolute Gasteiger partial charge is 0.339 e. The molecule has 2 N–H and O–H groups in total. The Kier molecular flexibility index (Phi) is 5.38. The molecule has 0 atom stereocenters. The Hall–Kier alpha value is -2.97. The molecule has 1 aliphatic rings. The van der Waals surface area contributed by atoms with Gasteiger partial charge in [0.05, 0.1) is 16.6 Å². The highest BCUT2D eigenvalue weighted by atomic mass is 16.5. The molecular formula is C18H23N5O4. The van der Waals surface area contributed by atoms with Crippen molar-refractivity contribution in [3.8, 4) is 0 Å². The van der Waals surface area contributed by atoms with E-state index in [9.17, 15) is 14.4 Å². The van der Waals surface area contributed by atoms with E-state index < -0.39 is 24.5 Å². The number of urea groups is 1. The van der Waals surface area contributed by atoms with Gasteiger partial charge in [-0.15, -0.1) is 0 Å². The first-order valence-corrected chi connectivity index (χ1v) is 8.93. The second kappa shape index (κ2) is 7.73. The van der Waals surface area contributed by atoms with Crippen molar-refractivity contribution in [2.24, 2.45) is 7.05 Å². The van der Waals surface area contributed by atoms with E-state index in [-0.39, 0.29) is 6.04 Å². The van der Waals surface area contributed by atoms with Crippen LogP contribution >= 0.6 is 0 Å². The minimum absolute atomic E-state index is 0.0991. The van der Waals surface area contributed by atoms with Gasteiger partial charge in [-0.25, -0.2) is 14.6 Å². The van der Waals surface area contributed by atoms with Crippen molar-refractivity contribution in [1.82, 2.24) is 25.4 Å². The minimum atomic E-state index is -0.677. The lowest BCUT2D eigenvalue weighted by molar-refractivity contribution is -0.123. The van der Waals surface area contributed by atoms with Crippen molar-refractivity contribution in [3.05, 3.63) is 23.0 Å². The van der Waals surface area contributed by atoms with Gasteiger partial charge in [0.1, 0.15) is 0 Å². The van der Waals surface area contributed by atoms with Crippen LogP contribution in [0.15, 0.2) is 6.07 Å². The van der Waals surface area contributed by atoms with Crippen molar-refractivity contribution < 1.29 is 19.1 Å². The summed E-state index contributed by atoms with van der Waals surface area (Å²) in [7, 11) is 1.74. The van der Waals surface area contributed by atoms with Gasteiger partial charge in [0.2, 0.25) is 0 Å². The van der Waals surface area contributed by atoms with Crippen LogP contribution in [0.1, 0.15) is 47.4 Å². The highest BCUT2D eigenvalue weighted by molar-refractivity contribution is 6.04. The van der Waals surface area contributed by atoms with Crippen LogP contribution in [0.4, 0.5) is 4.79 Å². The third-order valence-corrected chi connectivity index (χ3v) is 4.59. The summed E-state index contributed by atoms with van der Waals surface area (Å²) in [4.78, 5) is 40.5. The second-order valence-electron chi connectivity index (χ2n) is 6.80. The van der Waals surface area contributed by atoms with E-state index in [1.165, 1.54) is 0 Å². The molecule has 9 heteroatoms. The fourth-order valence-electron chi connectivity index (χ4n) is 3.39. The first kappa shape index (κ1) is 18.8. The van der Waals surface area contributed by atoms with E-state index in [0.29, 0.717) is 28.0 Å². The summed E-state index contributed by atoms with van der Waals surface area (Å²) >= 11 is 0. The molecule has 0 saturated heterocycles.